The summed E-state index contributed by atoms with van der Waals surface area (Å²) in [7, 11) is -3.14. The maximum Gasteiger partial charge on any atom is 0.266 e. The third kappa shape index (κ3) is 4.85. The van der Waals surface area contributed by atoms with Crippen LogP contribution in [0, 0.1) is 6.92 Å². The third-order valence-corrected chi connectivity index (χ3v) is 9.29. The van der Waals surface area contributed by atoms with Crippen LogP contribution in [0.2, 0.25) is 0 Å². The highest BCUT2D eigenvalue weighted by atomic mass is 32.2. The van der Waals surface area contributed by atoms with Gasteiger partial charge >= 0.3 is 0 Å². The van der Waals surface area contributed by atoms with E-state index in [0.717, 1.165) is 33.8 Å². The zero-order valence-corrected chi connectivity index (χ0v) is 22.3. The van der Waals surface area contributed by atoms with Crippen LogP contribution in [0.25, 0.3) is 23.0 Å². The number of ether oxygens (including phenoxy) is 1. The topological polar surface area (TPSA) is 81.5 Å². The van der Waals surface area contributed by atoms with Gasteiger partial charge in [0.05, 0.1) is 34.7 Å². The number of aryl methyl sites for hydroxylation is 1. The number of carbonyl (C=O) groups is 1. The highest BCUT2D eigenvalue weighted by Gasteiger charge is 2.42. The lowest BCUT2D eigenvalue weighted by Gasteiger charge is -2.20. The van der Waals surface area contributed by atoms with Gasteiger partial charge in [0.1, 0.15) is 15.8 Å². The van der Waals surface area contributed by atoms with Gasteiger partial charge in [-0.2, -0.15) is 5.10 Å². The molecule has 1 aromatic heterocycles. The number of sulfone groups is 1. The van der Waals surface area contributed by atoms with Crippen LogP contribution >= 0.6 is 24.0 Å². The lowest BCUT2D eigenvalue weighted by atomic mass is 10.0. The number of thioether (sulfide) groups is 1. The van der Waals surface area contributed by atoms with Gasteiger partial charge in [0, 0.05) is 17.3 Å². The van der Waals surface area contributed by atoms with E-state index in [2.05, 4.69) is 0 Å². The van der Waals surface area contributed by atoms with E-state index >= 15 is 0 Å². The van der Waals surface area contributed by atoms with Crippen molar-refractivity contribution in [1.82, 2.24) is 14.7 Å². The Morgan fingerprint density at radius 2 is 2.00 bits per heavy atom. The molecule has 5 rings (SSSR count). The molecule has 0 aliphatic carbocycles. The summed E-state index contributed by atoms with van der Waals surface area (Å²) in [6.45, 7) is 4.53. The van der Waals surface area contributed by atoms with Crippen LogP contribution in [0.4, 0.5) is 0 Å². The first-order chi connectivity index (χ1) is 17.3. The summed E-state index contributed by atoms with van der Waals surface area (Å²) in [5, 5.41) is 4.87. The van der Waals surface area contributed by atoms with E-state index in [9.17, 15) is 13.2 Å². The second kappa shape index (κ2) is 9.84. The molecule has 7 nitrogen and oxygen atoms in total. The molecule has 2 aliphatic rings. The number of amides is 1. The molecular weight excluding hydrogens is 515 g/mol. The van der Waals surface area contributed by atoms with Crippen molar-refractivity contribution in [2.45, 2.75) is 26.3 Å². The fourth-order valence-corrected chi connectivity index (χ4v) is 7.58. The Bertz CT molecular complexity index is 1480. The Kier molecular flexibility index (Phi) is 6.76. The number of hydrogen-bond acceptors (Lipinski definition) is 7. The molecule has 2 aliphatic heterocycles. The average Bonchev–Trinajstić information content (AvgIpc) is 3.50. The lowest BCUT2D eigenvalue weighted by Crippen LogP contribution is -2.39. The molecule has 1 unspecified atom stereocenters. The summed E-state index contributed by atoms with van der Waals surface area (Å²) in [5.41, 5.74) is 4.32. The summed E-state index contributed by atoms with van der Waals surface area (Å²) in [4.78, 5) is 15.3. The SMILES string of the molecule is CCOc1ccc(-c2nn(-c3ccccc3)cc2/C=C2\SC(=S)N(C3CCS(=O)(=O)C3)C2=O)c(C)c1. The van der Waals surface area contributed by atoms with Gasteiger partial charge in [-0.1, -0.05) is 42.2 Å². The average molecular weight is 540 g/mol. The van der Waals surface area contributed by atoms with Crippen LogP contribution in [0.3, 0.4) is 0 Å². The number of hydrogen-bond donors (Lipinski definition) is 0. The molecule has 0 bridgehead atoms. The minimum atomic E-state index is -3.14. The number of rotatable bonds is 6. The zero-order valence-electron chi connectivity index (χ0n) is 19.9. The Labute approximate surface area is 220 Å². The molecule has 2 saturated heterocycles. The molecule has 1 atom stereocenters. The van der Waals surface area contributed by atoms with E-state index in [1.54, 1.807) is 10.8 Å². The normalized spacial score (nSPS) is 20.4. The number of para-hydroxylation sites is 1. The molecule has 3 aromatic rings. The van der Waals surface area contributed by atoms with Gasteiger partial charge in [-0.05, 0) is 62.2 Å². The molecule has 0 spiro atoms. The summed E-state index contributed by atoms with van der Waals surface area (Å²) >= 11 is 6.69. The molecule has 0 radical (unpaired) electrons. The quantitative estimate of drug-likeness (QED) is 0.334. The Morgan fingerprint density at radius 1 is 1.22 bits per heavy atom. The van der Waals surface area contributed by atoms with Gasteiger partial charge in [0.2, 0.25) is 0 Å². The predicted octanol–water partition coefficient (Wildman–Crippen LogP) is 4.63. The summed E-state index contributed by atoms with van der Waals surface area (Å²) < 4.78 is 31.8. The third-order valence-electron chi connectivity index (χ3n) is 6.21. The van der Waals surface area contributed by atoms with Gasteiger partial charge in [-0.15, -0.1) is 0 Å². The standard InChI is InChI=1S/C26H25N3O4S3/c1-3-33-21-9-10-22(17(2)13-21)24-18(15-28(27-24)19-7-5-4-6-8-19)14-23-25(30)29(26(34)35-23)20-11-12-36(31,32)16-20/h4-10,13-15,20H,3,11-12,16H2,1-2H3/b23-14-. The Balaban J connectivity index is 1.56. The second-order valence-electron chi connectivity index (χ2n) is 8.73. The molecule has 10 heteroatoms. The number of carbonyl (C=O) groups excluding carboxylic acids is 1. The van der Waals surface area contributed by atoms with Gasteiger partial charge in [-0.25, -0.2) is 13.1 Å². The van der Waals surface area contributed by atoms with Crippen molar-refractivity contribution in [2.24, 2.45) is 0 Å². The number of nitrogens with zero attached hydrogens (tertiary/aromatic N) is 3. The van der Waals surface area contributed by atoms with Crippen LogP contribution in [-0.4, -0.2) is 57.5 Å². The van der Waals surface area contributed by atoms with Crippen LogP contribution < -0.4 is 4.74 Å². The van der Waals surface area contributed by atoms with Crippen molar-refractivity contribution in [3.05, 3.63) is 70.8 Å². The van der Waals surface area contributed by atoms with Crippen molar-refractivity contribution in [1.29, 1.82) is 0 Å². The molecule has 36 heavy (non-hydrogen) atoms. The van der Waals surface area contributed by atoms with Crippen molar-refractivity contribution in [3.63, 3.8) is 0 Å². The first kappa shape index (κ1) is 24.7. The first-order valence-electron chi connectivity index (χ1n) is 11.6. The molecule has 1 amide bonds. The molecule has 0 saturated carbocycles. The Hall–Kier alpha value is -2.95. The number of aromatic nitrogens is 2. The Morgan fingerprint density at radius 3 is 2.67 bits per heavy atom. The monoisotopic (exact) mass is 539 g/mol. The molecule has 2 aromatic carbocycles. The maximum atomic E-state index is 13.3. The fourth-order valence-electron chi connectivity index (χ4n) is 4.49. The van der Waals surface area contributed by atoms with Crippen LogP contribution in [0.15, 0.2) is 59.6 Å². The van der Waals surface area contributed by atoms with Crippen LogP contribution in [-0.2, 0) is 14.6 Å². The highest BCUT2D eigenvalue weighted by molar-refractivity contribution is 8.26. The largest absolute Gasteiger partial charge is 0.494 e. The smallest absolute Gasteiger partial charge is 0.266 e. The van der Waals surface area contributed by atoms with Gasteiger partial charge in [-0.3, -0.25) is 9.69 Å². The summed E-state index contributed by atoms with van der Waals surface area (Å²) in [6.07, 6.45) is 4.11. The zero-order chi connectivity index (χ0) is 25.4. The van der Waals surface area contributed by atoms with E-state index in [0.29, 0.717) is 22.3 Å². The van der Waals surface area contributed by atoms with Gasteiger partial charge < -0.3 is 4.74 Å². The van der Waals surface area contributed by atoms with E-state index in [1.807, 2.05) is 68.6 Å². The van der Waals surface area contributed by atoms with E-state index in [-0.39, 0.29) is 17.4 Å². The van der Waals surface area contributed by atoms with E-state index < -0.39 is 15.9 Å². The molecule has 0 N–H and O–H groups in total. The second-order valence-corrected chi connectivity index (χ2v) is 12.6. The number of benzene rings is 2. The van der Waals surface area contributed by atoms with Crippen molar-refractivity contribution < 1.29 is 17.9 Å². The predicted molar refractivity (Wildman–Crippen MR) is 147 cm³/mol. The maximum absolute atomic E-state index is 13.3. The van der Waals surface area contributed by atoms with Crippen molar-refractivity contribution in [3.8, 4) is 22.7 Å². The fraction of sp³-hybridized carbons (Fsp3) is 0.269. The van der Waals surface area contributed by atoms with Crippen molar-refractivity contribution in [2.75, 3.05) is 18.1 Å². The lowest BCUT2D eigenvalue weighted by molar-refractivity contribution is -0.123. The minimum absolute atomic E-state index is 0.0463. The molecular formula is C26H25N3O4S3. The van der Waals surface area contributed by atoms with Gasteiger partial charge in [0.25, 0.3) is 5.91 Å². The molecule has 3 heterocycles. The number of thiocarbonyl (C=S) groups is 1. The molecule has 186 valence electrons. The van der Waals surface area contributed by atoms with E-state index in [4.69, 9.17) is 22.1 Å². The van der Waals surface area contributed by atoms with Crippen LogP contribution in [0.5, 0.6) is 5.75 Å². The van der Waals surface area contributed by atoms with Crippen molar-refractivity contribution >= 4 is 50.1 Å². The summed E-state index contributed by atoms with van der Waals surface area (Å²) in [5.74, 6) is 0.567. The highest BCUT2D eigenvalue weighted by Crippen LogP contribution is 2.38. The van der Waals surface area contributed by atoms with E-state index in [1.165, 1.54) is 16.7 Å². The molecule has 2 fully saturated rings. The summed E-state index contributed by atoms with van der Waals surface area (Å²) in [6, 6.07) is 15.2. The van der Waals surface area contributed by atoms with Gasteiger partial charge in [0.15, 0.2) is 9.84 Å². The van der Waals surface area contributed by atoms with Crippen LogP contribution in [0.1, 0.15) is 24.5 Å². The minimum Gasteiger partial charge on any atom is -0.494 e. The first-order valence-corrected chi connectivity index (χ1v) is 14.7.